The molecule has 1 atom stereocenters. The monoisotopic (exact) mass is 229 g/mol. The van der Waals surface area contributed by atoms with Crippen molar-refractivity contribution in [3.63, 3.8) is 0 Å². The molecule has 1 heterocycles. The van der Waals surface area contributed by atoms with Gasteiger partial charge >= 0.3 is 0 Å². The summed E-state index contributed by atoms with van der Waals surface area (Å²) in [6.07, 6.45) is 4.30. The highest BCUT2D eigenvalue weighted by molar-refractivity contribution is 6.01. The molecule has 0 fully saturated rings. The van der Waals surface area contributed by atoms with Crippen LogP contribution in [0.4, 0.5) is 0 Å². The minimum atomic E-state index is -0.215. The fraction of sp³-hybridized carbons (Fsp3) is 0.400. The van der Waals surface area contributed by atoms with Crippen molar-refractivity contribution in [3.8, 4) is 0 Å². The van der Waals surface area contributed by atoms with Gasteiger partial charge in [0.15, 0.2) is 0 Å². The SMILES string of the molecule is C/C=C(\Cc1ccccc1)C1=NCCC(O)C1. The smallest absolute Gasteiger partial charge is 0.0613 e. The first-order valence-corrected chi connectivity index (χ1v) is 6.20. The van der Waals surface area contributed by atoms with Crippen LogP contribution in [0.3, 0.4) is 0 Å². The number of aliphatic hydroxyl groups is 1. The summed E-state index contributed by atoms with van der Waals surface area (Å²) >= 11 is 0. The van der Waals surface area contributed by atoms with Crippen LogP contribution in [-0.4, -0.2) is 23.5 Å². The van der Waals surface area contributed by atoms with E-state index >= 15 is 0 Å². The molecule has 0 aromatic heterocycles. The summed E-state index contributed by atoms with van der Waals surface area (Å²) in [6, 6.07) is 10.4. The molecule has 1 aromatic carbocycles. The Hall–Kier alpha value is -1.41. The third-order valence-electron chi connectivity index (χ3n) is 3.15. The van der Waals surface area contributed by atoms with Crippen molar-refractivity contribution in [2.45, 2.75) is 32.3 Å². The second-order valence-electron chi connectivity index (χ2n) is 4.45. The highest BCUT2D eigenvalue weighted by atomic mass is 16.3. The van der Waals surface area contributed by atoms with E-state index in [1.54, 1.807) is 0 Å². The molecule has 0 aliphatic carbocycles. The summed E-state index contributed by atoms with van der Waals surface area (Å²) in [4.78, 5) is 4.54. The molecule has 0 bridgehead atoms. The van der Waals surface area contributed by atoms with Crippen LogP contribution in [0.2, 0.25) is 0 Å². The van der Waals surface area contributed by atoms with Crippen LogP contribution < -0.4 is 0 Å². The number of hydrogen-bond acceptors (Lipinski definition) is 2. The van der Waals surface area contributed by atoms with Crippen molar-refractivity contribution in [1.29, 1.82) is 0 Å². The maximum atomic E-state index is 9.68. The van der Waals surface area contributed by atoms with E-state index < -0.39 is 0 Å². The Morgan fingerprint density at radius 2 is 2.18 bits per heavy atom. The van der Waals surface area contributed by atoms with E-state index in [0.29, 0.717) is 6.42 Å². The lowest BCUT2D eigenvalue weighted by Gasteiger charge is -2.19. The molecule has 1 aliphatic rings. The molecule has 17 heavy (non-hydrogen) atoms. The second kappa shape index (κ2) is 5.78. The molecule has 0 spiro atoms. The average molecular weight is 229 g/mol. The van der Waals surface area contributed by atoms with E-state index in [4.69, 9.17) is 0 Å². The van der Waals surface area contributed by atoms with Gasteiger partial charge in [-0.25, -0.2) is 0 Å². The van der Waals surface area contributed by atoms with Crippen LogP contribution >= 0.6 is 0 Å². The fourth-order valence-corrected chi connectivity index (χ4v) is 2.16. The standard InChI is InChI=1S/C15H19NO/c1-2-13(10-12-6-4-3-5-7-12)15-11-14(17)8-9-16-15/h2-7,14,17H,8-11H2,1H3/b13-2+. The molecule has 90 valence electrons. The van der Waals surface area contributed by atoms with Gasteiger partial charge in [0.05, 0.1) is 6.10 Å². The highest BCUT2D eigenvalue weighted by Gasteiger charge is 2.16. The first kappa shape index (κ1) is 12.1. The Bertz CT molecular complexity index is 420. The zero-order chi connectivity index (χ0) is 12.1. The number of rotatable bonds is 3. The molecule has 2 rings (SSSR count). The predicted molar refractivity (Wildman–Crippen MR) is 71.4 cm³/mol. The number of aliphatic hydroxyl groups excluding tert-OH is 1. The first-order valence-electron chi connectivity index (χ1n) is 6.20. The zero-order valence-corrected chi connectivity index (χ0v) is 10.3. The molecule has 0 radical (unpaired) electrons. The molecule has 0 saturated carbocycles. The Kier molecular flexibility index (Phi) is 4.10. The Labute approximate surface area is 103 Å². The summed E-state index contributed by atoms with van der Waals surface area (Å²) in [6.45, 7) is 2.80. The second-order valence-corrected chi connectivity index (χ2v) is 4.45. The molecule has 2 nitrogen and oxygen atoms in total. The average Bonchev–Trinajstić information content (AvgIpc) is 2.37. The molecule has 0 amide bonds. The van der Waals surface area contributed by atoms with Gasteiger partial charge in [-0.2, -0.15) is 0 Å². The highest BCUT2D eigenvalue weighted by Crippen LogP contribution is 2.17. The van der Waals surface area contributed by atoms with Crippen LogP contribution in [0, 0.1) is 0 Å². The Morgan fingerprint density at radius 1 is 1.41 bits per heavy atom. The predicted octanol–water partition coefficient (Wildman–Crippen LogP) is 2.77. The largest absolute Gasteiger partial charge is 0.393 e. The van der Waals surface area contributed by atoms with E-state index in [9.17, 15) is 5.11 Å². The lowest BCUT2D eigenvalue weighted by Crippen LogP contribution is -2.22. The van der Waals surface area contributed by atoms with Gasteiger partial charge in [0.2, 0.25) is 0 Å². The Balaban J connectivity index is 2.10. The minimum absolute atomic E-state index is 0.215. The van der Waals surface area contributed by atoms with Crippen LogP contribution in [0.15, 0.2) is 47.0 Å². The molecule has 1 N–H and O–H groups in total. The number of hydrogen-bond donors (Lipinski definition) is 1. The maximum absolute atomic E-state index is 9.68. The van der Waals surface area contributed by atoms with Gasteiger partial charge in [-0.3, -0.25) is 4.99 Å². The summed E-state index contributed by atoms with van der Waals surface area (Å²) in [5.74, 6) is 0. The van der Waals surface area contributed by atoms with Gasteiger partial charge in [0, 0.05) is 18.7 Å². The number of aliphatic imine (C=N–C) groups is 1. The van der Waals surface area contributed by atoms with E-state index in [-0.39, 0.29) is 6.10 Å². The van der Waals surface area contributed by atoms with Crippen LogP contribution in [0.1, 0.15) is 25.3 Å². The third-order valence-corrected chi connectivity index (χ3v) is 3.15. The molecular formula is C15H19NO. The van der Waals surface area contributed by atoms with Crippen LogP contribution in [0.5, 0.6) is 0 Å². The first-order chi connectivity index (χ1) is 8.29. The van der Waals surface area contributed by atoms with E-state index in [0.717, 1.165) is 25.1 Å². The van der Waals surface area contributed by atoms with Crippen molar-refractivity contribution >= 4 is 5.71 Å². The van der Waals surface area contributed by atoms with E-state index in [1.807, 2.05) is 13.0 Å². The normalized spacial score (nSPS) is 21.2. The number of nitrogens with zero attached hydrogens (tertiary/aromatic N) is 1. The summed E-state index contributed by atoms with van der Waals surface area (Å²) in [5, 5.41) is 9.68. The van der Waals surface area contributed by atoms with Gasteiger partial charge in [-0.15, -0.1) is 0 Å². The van der Waals surface area contributed by atoms with Crippen molar-refractivity contribution in [2.75, 3.05) is 6.54 Å². The number of allylic oxidation sites excluding steroid dienone is 2. The van der Waals surface area contributed by atoms with Gasteiger partial charge in [-0.05, 0) is 30.9 Å². The number of benzene rings is 1. The zero-order valence-electron chi connectivity index (χ0n) is 10.3. The molecule has 1 aliphatic heterocycles. The summed E-state index contributed by atoms with van der Waals surface area (Å²) in [5.41, 5.74) is 3.62. The van der Waals surface area contributed by atoms with Crippen LogP contribution in [-0.2, 0) is 6.42 Å². The molecule has 1 unspecified atom stereocenters. The molecule has 1 aromatic rings. The quantitative estimate of drug-likeness (QED) is 0.849. The summed E-state index contributed by atoms with van der Waals surface area (Å²) < 4.78 is 0. The molecule has 0 saturated heterocycles. The minimum Gasteiger partial charge on any atom is -0.393 e. The third kappa shape index (κ3) is 3.27. The molecular weight excluding hydrogens is 210 g/mol. The van der Waals surface area contributed by atoms with Crippen molar-refractivity contribution in [3.05, 3.63) is 47.5 Å². The maximum Gasteiger partial charge on any atom is 0.0613 e. The van der Waals surface area contributed by atoms with Gasteiger partial charge in [-0.1, -0.05) is 36.4 Å². The molecule has 2 heteroatoms. The van der Waals surface area contributed by atoms with Crippen molar-refractivity contribution in [2.24, 2.45) is 4.99 Å². The lowest BCUT2D eigenvalue weighted by atomic mass is 9.94. The van der Waals surface area contributed by atoms with Gasteiger partial charge < -0.3 is 5.11 Å². The van der Waals surface area contributed by atoms with Gasteiger partial charge in [0.1, 0.15) is 0 Å². The lowest BCUT2D eigenvalue weighted by molar-refractivity contribution is 0.170. The van der Waals surface area contributed by atoms with Crippen molar-refractivity contribution in [1.82, 2.24) is 0 Å². The van der Waals surface area contributed by atoms with Crippen molar-refractivity contribution < 1.29 is 5.11 Å². The fourth-order valence-electron chi connectivity index (χ4n) is 2.16. The summed E-state index contributed by atoms with van der Waals surface area (Å²) in [7, 11) is 0. The van der Waals surface area contributed by atoms with Gasteiger partial charge in [0.25, 0.3) is 0 Å². The van der Waals surface area contributed by atoms with Crippen LogP contribution in [0.25, 0.3) is 0 Å². The Morgan fingerprint density at radius 3 is 2.82 bits per heavy atom. The van der Waals surface area contributed by atoms with E-state index in [2.05, 4.69) is 35.3 Å². The topological polar surface area (TPSA) is 32.6 Å². The van der Waals surface area contributed by atoms with E-state index in [1.165, 1.54) is 11.1 Å².